The van der Waals surface area contributed by atoms with Gasteiger partial charge in [-0.15, -0.1) is 11.3 Å². The number of anilines is 2. The summed E-state index contributed by atoms with van der Waals surface area (Å²) < 4.78 is 1.13. The van der Waals surface area contributed by atoms with Gasteiger partial charge in [-0.3, -0.25) is 0 Å². The first-order valence-electron chi connectivity index (χ1n) is 4.43. The summed E-state index contributed by atoms with van der Waals surface area (Å²) >= 11 is 5.19. The molecule has 15 heavy (non-hydrogen) atoms. The topological polar surface area (TPSA) is 50.9 Å². The van der Waals surface area contributed by atoms with Crippen LogP contribution < -0.4 is 11.1 Å². The molecule has 2 aromatic rings. The van der Waals surface area contributed by atoms with Gasteiger partial charge >= 0.3 is 0 Å². The van der Waals surface area contributed by atoms with Crippen molar-refractivity contribution in [2.75, 3.05) is 11.1 Å². The fraction of sp³-hybridized carbons (Fsp3) is 0.100. The van der Waals surface area contributed by atoms with Crippen LogP contribution in [0.15, 0.2) is 34.2 Å². The molecule has 0 aliphatic carbocycles. The van der Waals surface area contributed by atoms with E-state index in [4.69, 9.17) is 5.73 Å². The second-order valence-electron chi connectivity index (χ2n) is 3.02. The van der Waals surface area contributed by atoms with E-state index in [-0.39, 0.29) is 0 Å². The van der Waals surface area contributed by atoms with Crippen molar-refractivity contribution in [3.05, 3.63) is 39.1 Å². The van der Waals surface area contributed by atoms with E-state index in [2.05, 4.69) is 31.6 Å². The highest BCUT2D eigenvalue weighted by Gasteiger charge is 2.00. The Labute approximate surface area is 100 Å². The Balaban J connectivity index is 1.99. The lowest BCUT2D eigenvalue weighted by molar-refractivity contribution is 1.14. The largest absolute Gasteiger partial charge is 0.397 e. The van der Waals surface area contributed by atoms with Gasteiger partial charge in [-0.25, -0.2) is 4.98 Å². The molecule has 0 spiro atoms. The van der Waals surface area contributed by atoms with Crippen LogP contribution in [0.4, 0.5) is 11.5 Å². The average Bonchev–Trinajstić information content (AvgIpc) is 2.63. The van der Waals surface area contributed by atoms with Crippen LogP contribution >= 0.6 is 27.3 Å². The summed E-state index contributed by atoms with van der Waals surface area (Å²) in [5.74, 6) is 0.838. The summed E-state index contributed by atoms with van der Waals surface area (Å²) in [6.07, 6.45) is 1.64. The van der Waals surface area contributed by atoms with Gasteiger partial charge in [-0.05, 0) is 39.5 Å². The molecule has 0 radical (unpaired) electrons. The van der Waals surface area contributed by atoms with Crippen LogP contribution in [0.25, 0.3) is 0 Å². The van der Waals surface area contributed by atoms with Crippen LogP contribution in [-0.2, 0) is 6.54 Å². The number of rotatable bonds is 3. The van der Waals surface area contributed by atoms with Crippen molar-refractivity contribution in [2.45, 2.75) is 6.54 Å². The van der Waals surface area contributed by atoms with Gasteiger partial charge in [0.05, 0.1) is 18.4 Å². The highest BCUT2D eigenvalue weighted by atomic mass is 79.9. The molecule has 0 amide bonds. The fourth-order valence-electron chi connectivity index (χ4n) is 1.13. The summed E-state index contributed by atoms with van der Waals surface area (Å²) in [6, 6.07) is 5.74. The Bertz CT molecular complexity index is 438. The first-order valence-corrected chi connectivity index (χ1v) is 6.10. The van der Waals surface area contributed by atoms with Crippen LogP contribution in [0.1, 0.15) is 4.88 Å². The summed E-state index contributed by atoms with van der Waals surface area (Å²) in [7, 11) is 0. The molecule has 2 heterocycles. The zero-order valence-electron chi connectivity index (χ0n) is 7.90. The van der Waals surface area contributed by atoms with Crippen LogP contribution in [0.3, 0.4) is 0 Å². The molecular formula is C10H10BrN3S. The molecule has 0 fully saturated rings. The lowest BCUT2D eigenvalue weighted by Crippen LogP contribution is -2.00. The maximum Gasteiger partial charge on any atom is 0.126 e. The van der Waals surface area contributed by atoms with Gasteiger partial charge in [0, 0.05) is 9.35 Å². The number of nitrogens with two attached hydrogens (primary N) is 1. The molecule has 0 atom stereocenters. The van der Waals surface area contributed by atoms with Crippen molar-refractivity contribution in [2.24, 2.45) is 0 Å². The first-order chi connectivity index (χ1) is 7.25. The number of halogens is 1. The number of hydrogen-bond acceptors (Lipinski definition) is 4. The lowest BCUT2D eigenvalue weighted by Gasteiger charge is -2.04. The number of aromatic nitrogens is 1. The molecule has 0 aliphatic rings. The van der Waals surface area contributed by atoms with E-state index in [0.29, 0.717) is 5.69 Å². The van der Waals surface area contributed by atoms with Crippen molar-refractivity contribution in [3.63, 3.8) is 0 Å². The van der Waals surface area contributed by atoms with Gasteiger partial charge < -0.3 is 11.1 Å². The molecule has 3 nitrogen and oxygen atoms in total. The minimum atomic E-state index is 0.679. The van der Waals surface area contributed by atoms with E-state index in [0.717, 1.165) is 16.8 Å². The third kappa shape index (κ3) is 2.70. The number of nitrogen functional groups attached to an aromatic ring is 1. The van der Waals surface area contributed by atoms with Gasteiger partial charge in [0.2, 0.25) is 0 Å². The molecule has 2 rings (SSSR count). The second-order valence-corrected chi connectivity index (χ2v) is 4.88. The summed E-state index contributed by atoms with van der Waals surface area (Å²) in [5, 5.41) is 5.28. The Kier molecular flexibility index (Phi) is 3.23. The zero-order valence-corrected chi connectivity index (χ0v) is 10.3. The van der Waals surface area contributed by atoms with E-state index in [9.17, 15) is 0 Å². The summed E-state index contributed by atoms with van der Waals surface area (Å²) in [6.45, 7) is 0.773. The minimum Gasteiger partial charge on any atom is -0.397 e. The van der Waals surface area contributed by atoms with E-state index in [1.54, 1.807) is 17.5 Å². The average molecular weight is 284 g/mol. The predicted octanol–water partition coefficient (Wildman–Crippen LogP) is 3.10. The number of nitrogens with one attached hydrogen (secondary N) is 1. The first kappa shape index (κ1) is 10.4. The highest BCUT2D eigenvalue weighted by molar-refractivity contribution is 9.10. The maximum atomic E-state index is 5.55. The predicted molar refractivity (Wildman–Crippen MR) is 68.0 cm³/mol. The minimum absolute atomic E-state index is 0.679. The Morgan fingerprint density at radius 3 is 2.87 bits per heavy atom. The molecule has 78 valence electrons. The van der Waals surface area contributed by atoms with Crippen molar-refractivity contribution >= 4 is 38.8 Å². The summed E-state index contributed by atoms with van der Waals surface area (Å²) in [4.78, 5) is 5.42. The molecule has 0 aliphatic heterocycles. The third-order valence-corrected chi connectivity index (χ3v) is 3.83. The Morgan fingerprint density at radius 2 is 2.27 bits per heavy atom. The van der Waals surface area contributed by atoms with E-state index in [1.807, 2.05) is 18.2 Å². The van der Waals surface area contributed by atoms with Gasteiger partial charge in [-0.2, -0.15) is 0 Å². The van der Waals surface area contributed by atoms with Gasteiger partial charge in [0.25, 0.3) is 0 Å². The number of thiophene rings is 1. The maximum absolute atomic E-state index is 5.55. The SMILES string of the molecule is Nc1ccc(NCc2sccc2Br)nc1. The second kappa shape index (κ2) is 4.63. The lowest BCUT2D eigenvalue weighted by atomic mass is 10.4. The molecule has 0 aromatic carbocycles. The van der Waals surface area contributed by atoms with E-state index in [1.165, 1.54) is 4.88 Å². The molecular weight excluding hydrogens is 274 g/mol. The molecule has 3 N–H and O–H groups in total. The molecule has 0 unspecified atom stereocenters. The molecule has 5 heteroatoms. The van der Waals surface area contributed by atoms with Gasteiger partial charge in [-0.1, -0.05) is 0 Å². The number of pyridine rings is 1. The number of nitrogens with zero attached hydrogens (tertiary/aromatic N) is 1. The monoisotopic (exact) mass is 283 g/mol. The van der Waals surface area contributed by atoms with Crippen LogP contribution in [0, 0.1) is 0 Å². The van der Waals surface area contributed by atoms with Crippen molar-refractivity contribution in [1.29, 1.82) is 0 Å². The third-order valence-electron chi connectivity index (χ3n) is 1.91. The van der Waals surface area contributed by atoms with Crippen molar-refractivity contribution in [1.82, 2.24) is 4.98 Å². The molecule has 0 saturated carbocycles. The fourth-order valence-corrected chi connectivity index (χ4v) is 2.56. The zero-order chi connectivity index (χ0) is 10.7. The standard InChI is InChI=1S/C10H10BrN3S/c11-8-3-4-15-9(8)6-14-10-2-1-7(12)5-13-10/h1-5H,6,12H2,(H,13,14). The molecule has 0 saturated heterocycles. The number of hydrogen-bond donors (Lipinski definition) is 2. The van der Waals surface area contributed by atoms with E-state index < -0.39 is 0 Å². The normalized spacial score (nSPS) is 10.2. The van der Waals surface area contributed by atoms with Crippen LogP contribution in [-0.4, -0.2) is 4.98 Å². The smallest absolute Gasteiger partial charge is 0.126 e. The highest BCUT2D eigenvalue weighted by Crippen LogP contribution is 2.23. The van der Waals surface area contributed by atoms with E-state index >= 15 is 0 Å². The van der Waals surface area contributed by atoms with Crippen molar-refractivity contribution < 1.29 is 0 Å². The van der Waals surface area contributed by atoms with Crippen LogP contribution in [0.2, 0.25) is 0 Å². The molecule has 2 aromatic heterocycles. The van der Waals surface area contributed by atoms with Crippen LogP contribution in [0.5, 0.6) is 0 Å². The summed E-state index contributed by atoms with van der Waals surface area (Å²) in [5.41, 5.74) is 6.22. The Hall–Kier alpha value is -1.07. The van der Waals surface area contributed by atoms with Gasteiger partial charge in [0.1, 0.15) is 5.82 Å². The Morgan fingerprint density at radius 1 is 1.40 bits per heavy atom. The van der Waals surface area contributed by atoms with Gasteiger partial charge in [0.15, 0.2) is 0 Å². The van der Waals surface area contributed by atoms with Crippen molar-refractivity contribution in [3.8, 4) is 0 Å². The molecule has 0 bridgehead atoms. The quantitative estimate of drug-likeness (QED) is 0.910.